The van der Waals surface area contributed by atoms with Gasteiger partial charge in [-0.2, -0.15) is 0 Å². The lowest BCUT2D eigenvalue weighted by Gasteiger charge is -2.64. The molecular weight excluding hydrogens is 667 g/mol. The van der Waals surface area contributed by atoms with Crippen molar-refractivity contribution in [2.45, 2.75) is 39.0 Å². The molecule has 9 fully saturated rings. The predicted molar refractivity (Wildman–Crippen MR) is 199 cm³/mol. The summed E-state index contributed by atoms with van der Waals surface area (Å²) >= 11 is 0. The molecule has 0 aromatic rings. The Balaban J connectivity index is 1.02. The van der Waals surface area contributed by atoms with Gasteiger partial charge in [-0.05, 0) is 198 Å². The van der Waals surface area contributed by atoms with E-state index in [0.29, 0.717) is 72.1 Å². The molecule has 5 heteroatoms. The second-order valence-electron chi connectivity index (χ2n) is 21.9. The second kappa shape index (κ2) is 9.05. The third-order valence-corrected chi connectivity index (χ3v) is 22.0. The molecular formula is C49H53NO4. The fraction of sp³-hybridized carbons (Fsp3) is 0.714. The van der Waals surface area contributed by atoms with Crippen LogP contribution in [0.15, 0.2) is 70.4 Å². The SMILES string of the molecule is CCOC(=O)C1(C(=O)OCCCN)C=C2CCC3C4C=CC5C6=C7C8=C9C%10C(C4C85)C3C2C2C%10C3C9C4C7C(C=C6)C5CCC6C7C=CC1C2C7C3C6C54. The molecule has 0 aliphatic heterocycles. The maximum absolute atomic E-state index is 15.1. The molecule has 26 unspecified atom stereocenters. The van der Waals surface area contributed by atoms with Crippen LogP contribution in [0.3, 0.4) is 0 Å². The Labute approximate surface area is 318 Å². The zero-order valence-electron chi connectivity index (χ0n) is 31.3. The Morgan fingerprint density at radius 2 is 1.39 bits per heavy atom. The van der Waals surface area contributed by atoms with E-state index in [-0.39, 0.29) is 31.1 Å². The van der Waals surface area contributed by atoms with Gasteiger partial charge in [-0.15, -0.1) is 0 Å². The summed E-state index contributed by atoms with van der Waals surface area (Å²) in [5.74, 6) is 16.0. The van der Waals surface area contributed by atoms with Crippen LogP contribution in [-0.2, 0) is 19.1 Å². The monoisotopic (exact) mass is 719 g/mol. The highest BCUT2D eigenvalue weighted by molar-refractivity contribution is 6.03. The van der Waals surface area contributed by atoms with Gasteiger partial charge in [-0.25, -0.2) is 0 Å². The zero-order valence-corrected chi connectivity index (χ0v) is 31.3. The molecule has 26 atom stereocenters. The first-order valence-corrected chi connectivity index (χ1v) is 22.9. The van der Waals surface area contributed by atoms with Crippen LogP contribution in [0.1, 0.15) is 39.0 Å². The maximum Gasteiger partial charge on any atom is 0.328 e. The number of nitrogens with two attached hydrogens (primary N) is 1. The number of carbonyl (C=O) groups is 2. The standard InChI is InChI=1S/C49H53NO4/c1-2-53-47(51)49(48(52)54-15-3-14-50)16-17-4-5-18-19-6-7-20-21-8-9-22-23-10-11-24-25-12-13-26(49)36-35(25)41-34(24)33(23)40-32(22)31(21)39-30(20)29(19)38-28(18)27(17)37(36)42-43(38)44(39)45(40)46(41)42/h6-9,12-13,16,18-20,22-30,32-38,40-43,45-46H,2-5,10-11,14-15,50H2,1H3. The van der Waals surface area contributed by atoms with Crippen LogP contribution in [0, 0.1) is 153 Å². The molecule has 0 bridgehead atoms. The Hall–Kier alpha value is -2.66. The second-order valence-corrected chi connectivity index (χ2v) is 21.9. The Morgan fingerprint density at radius 1 is 0.667 bits per heavy atom. The number of hydrogen-bond donors (Lipinski definition) is 1. The number of ether oxygens (including phenoxy) is 2. The van der Waals surface area contributed by atoms with E-state index in [1.54, 1.807) is 5.57 Å². The first kappa shape index (κ1) is 29.6. The summed E-state index contributed by atoms with van der Waals surface area (Å²) in [4.78, 5) is 30.1. The van der Waals surface area contributed by atoms with E-state index in [2.05, 4.69) is 48.1 Å². The molecule has 16 aliphatic rings. The van der Waals surface area contributed by atoms with Crippen molar-refractivity contribution in [3.8, 4) is 0 Å². The van der Waals surface area contributed by atoms with Crippen molar-refractivity contribution >= 4 is 11.9 Å². The smallest absolute Gasteiger partial charge is 0.328 e. The van der Waals surface area contributed by atoms with Crippen molar-refractivity contribution in [2.75, 3.05) is 19.8 Å². The Kier molecular flexibility index (Phi) is 4.96. The zero-order chi connectivity index (χ0) is 35.0. The summed E-state index contributed by atoms with van der Waals surface area (Å²) < 4.78 is 12.4. The molecule has 0 radical (unpaired) electrons. The Morgan fingerprint density at radius 3 is 2.26 bits per heavy atom. The van der Waals surface area contributed by atoms with Gasteiger partial charge in [0.1, 0.15) is 0 Å². The van der Waals surface area contributed by atoms with Crippen molar-refractivity contribution in [3.63, 3.8) is 0 Å². The highest BCUT2D eigenvalue weighted by Crippen LogP contribution is 2.89. The van der Waals surface area contributed by atoms with Crippen molar-refractivity contribution < 1.29 is 19.1 Å². The van der Waals surface area contributed by atoms with Crippen LogP contribution in [0.5, 0.6) is 0 Å². The van der Waals surface area contributed by atoms with Crippen molar-refractivity contribution in [1.82, 2.24) is 0 Å². The molecule has 0 heterocycles. The topological polar surface area (TPSA) is 78.6 Å². The number of hydrogen-bond acceptors (Lipinski definition) is 5. The van der Waals surface area contributed by atoms with Gasteiger partial charge in [0.25, 0.3) is 0 Å². The summed E-state index contributed by atoms with van der Waals surface area (Å²) in [5.41, 5.74) is 13.8. The van der Waals surface area contributed by atoms with E-state index >= 15 is 9.59 Å². The molecule has 2 N–H and O–H groups in total. The molecule has 16 rings (SSSR count). The molecule has 54 heavy (non-hydrogen) atoms. The van der Waals surface area contributed by atoms with Gasteiger partial charge in [-0.3, -0.25) is 9.59 Å². The molecule has 9 saturated carbocycles. The third-order valence-electron chi connectivity index (χ3n) is 22.0. The van der Waals surface area contributed by atoms with E-state index in [9.17, 15) is 0 Å². The largest absolute Gasteiger partial charge is 0.465 e. The van der Waals surface area contributed by atoms with Crippen LogP contribution < -0.4 is 5.73 Å². The summed E-state index contributed by atoms with van der Waals surface area (Å²) in [5, 5.41) is 0. The predicted octanol–water partition coefficient (Wildman–Crippen LogP) is 6.80. The minimum atomic E-state index is -1.41. The summed E-state index contributed by atoms with van der Waals surface area (Å²) in [6, 6.07) is 0. The van der Waals surface area contributed by atoms with Crippen molar-refractivity contribution in [1.29, 1.82) is 0 Å². The molecule has 0 aromatic carbocycles. The van der Waals surface area contributed by atoms with Crippen LogP contribution >= 0.6 is 0 Å². The first-order valence-electron chi connectivity index (χ1n) is 22.9. The van der Waals surface area contributed by atoms with Gasteiger partial charge in [-0.1, -0.05) is 53.7 Å². The minimum Gasteiger partial charge on any atom is -0.465 e. The number of carbonyl (C=O) groups excluding carboxylic acids is 2. The fourth-order valence-corrected chi connectivity index (χ4v) is 22.3. The van der Waals surface area contributed by atoms with Crippen molar-refractivity contribution in [3.05, 3.63) is 70.4 Å². The molecule has 5 nitrogen and oxygen atoms in total. The number of esters is 2. The van der Waals surface area contributed by atoms with Crippen LogP contribution in [0.4, 0.5) is 0 Å². The number of fused-ring (bicyclic) bond motifs is 4. The third kappa shape index (κ3) is 2.63. The van der Waals surface area contributed by atoms with E-state index in [0.717, 1.165) is 89.3 Å². The van der Waals surface area contributed by atoms with E-state index in [1.165, 1.54) is 24.8 Å². The van der Waals surface area contributed by atoms with Gasteiger partial charge in [0.05, 0.1) is 13.2 Å². The summed E-state index contributed by atoms with van der Waals surface area (Å²) in [7, 11) is 0. The lowest BCUT2D eigenvalue weighted by molar-refractivity contribution is -0.184. The highest BCUT2D eigenvalue weighted by atomic mass is 16.6. The van der Waals surface area contributed by atoms with Crippen molar-refractivity contribution in [2.24, 2.45) is 159 Å². The quantitative estimate of drug-likeness (QED) is 0.142. The molecule has 16 aliphatic carbocycles. The van der Waals surface area contributed by atoms with Crippen LogP contribution in [-0.4, -0.2) is 31.7 Å². The molecule has 0 spiro atoms. The van der Waals surface area contributed by atoms with Gasteiger partial charge < -0.3 is 15.2 Å². The molecule has 278 valence electrons. The fourth-order valence-electron chi connectivity index (χ4n) is 22.3. The molecule has 0 aromatic heterocycles. The minimum absolute atomic E-state index is 0.195. The highest BCUT2D eigenvalue weighted by Gasteiger charge is 2.85. The van der Waals surface area contributed by atoms with E-state index < -0.39 is 5.41 Å². The van der Waals surface area contributed by atoms with Gasteiger partial charge >= 0.3 is 11.9 Å². The normalized spacial score (nSPS) is 62.8. The summed E-state index contributed by atoms with van der Waals surface area (Å²) in [6.07, 6.45) is 24.1. The first-order chi connectivity index (χ1) is 26.6. The van der Waals surface area contributed by atoms with Crippen LogP contribution in [0.25, 0.3) is 0 Å². The maximum atomic E-state index is 15.1. The van der Waals surface area contributed by atoms with Crippen LogP contribution in [0.2, 0.25) is 0 Å². The number of allylic oxidation sites excluding steroid dienone is 11. The van der Waals surface area contributed by atoms with E-state index in [4.69, 9.17) is 15.2 Å². The van der Waals surface area contributed by atoms with Gasteiger partial charge in [0.2, 0.25) is 0 Å². The lowest BCUT2D eigenvalue weighted by Crippen LogP contribution is -2.62. The van der Waals surface area contributed by atoms with Gasteiger partial charge in [0.15, 0.2) is 5.41 Å². The average molecular weight is 720 g/mol. The van der Waals surface area contributed by atoms with E-state index in [1.807, 2.05) is 18.1 Å². The number of rotatable bonds is 6. The summed E-state index contributed by atoms with van der Waals surface area (Å²) in [6.45, 7) is 2.92. The average Bonchev–Trinajstić information content (AvgIpc) is 3.96. The van der Waals surface area contributed by atoms with Gasteiger partial charge in [0, 0.05) is 11.8 Å². The molecule has 0 amide bonds. The Bertz CT molecular complexity index is 2120. The lowest BCUT2D eigenvalue weighted by atomic mass is 9.39. The molecule has 0 saturated heterocycles.